The van der Waals surface area contributed by atoms with Crippen molar-refractivity contribution in [3.63, 3.8) is 0 Å². The van der Waals surface area contributed by atoms with Gasteiger partial charge in [0.25, 0.3) is 0 Å². The second-order valence-corrected chi connectivity index (χ2v) is 6.19. The van der Waals surface area contributed by atoms with Gasteiger partial charge in [-0.1, -0.05) is 25.0 Å². The van der Waals surface area contributed by atoms with Gasteiger partial charge in [0.15, 0.2) is 0 Å². The van der Waals surface area contributed by atoms with Gasteiger partial charge in [-0.15, -0.1) is 0 Å². The van der Waals surface area contributed by atoms with E-state index in [4.69, 9.17) is 5.73 Å². The molecular formula is C17H27FN2. The Hall–Kier alpha value is -0.930. The Labute approximate surface area is 122 Å². The van der Waals surface area contributed by atoms with E-state index < -0.39 is 0 Å². The molecule has 1 aliphatic carbocycles. The topological polar surface area (TPSA) is 29.3 Å². The van der Waals surface area contributed by atoms with Crippen LogP contribution in [0, 0.1) is 11.7 Å². The SMILES string of the molecule is CC(Cc1ccc(F)cc1)N(C)C1CCCCC1CN. The van der Waals surface area contributed by atoms with Crippen LogP contribution in [0.2, 0.25) is 0 Å². The molecule has 0 spiro atoms. The average Bonchev–Trinajstić information content (AvgIpc) is 2.48. The summed E-state index contributed by atoms with van der Waals surface area (Å²) in [4.78, 5) is 2.49. The van der Waals surface area contributed by atoms with Crippen molar-refractivity contribution in [2.45, 2.75) is 51.1 Å². The Morgan fingerprint density at radius 3 is 2.55 bits per heavy atom. The molecule has 1 aromatic rings. The monoisotopic (exact) mass is 278 g/mol. The first-order valence-electron chi connectivity index (χ1n) is 7.78. The maximum atomic E-state index is 12.9. The number of nitrogens with zero attached hydrogens (tertiary/aromatic N) is 1. The minimum Gasteiger partial charge on any atom is -0.330 e. The molecule has 0 bridgehead atoms. The fourth-order valence-corrected chi connectivity index (χ4v) is 3.43. The molecule has 3 unspecified atom stereocenters. The molecule has 112 valence electrons. The third kappa shape index (κ3) is 3.80. The summed E-state index contributed by atoms with van der Waals surface area (Å²) >= 11 is 0. The fourth-order valence-electron chi connectivity index (χ4n) is 3.43. The van der Waals surface area contributed by atoms with E-state index in [1.165, 1.54) is 31.2 Å². The highest BCUT2D eigenvalue weighted by atomic mass is 19.1. The lowest BCUT2D eigenvalue weighted by molar-refractivity contribution is 0.0988. The van der Waals surface area contributed by atoms with Gasteiger partial charge < -0.3 is 10.6 Å². The predicted molar refractivity (Wildman–Crippen MR) is 82.1 cm³/mol. The highest BCUT2D eigenvalue weighted by Gasteiger charge is 2.29. The van der Waals surface area contributed by atoms with Gasteiger partial charge in [0.05, 0.1) is 0 Å². The first-order valence-corrected chi connectivity index (χ1v) is 7.78. The zero-order chi connectivity index (χ0) is 14.5. The molecule has 1 fully saturated rings. The van der Waals surface area contributed by atoms with Crippen LogP contribution in [-0.4, -0.2) is 30.6 Å². The standard InChI is InChI=1S/C17H27FN2/c1-13(11-14-7-9-16(18)10-8-14)20(2)17-6-4-3-5-15(17)12-19/h7-10,13,15,17H,3-6,11-12,19H2,1-2H3. The van der Waals surface area contributed by atoms with E-state index in [2.05, 4.69) is 18.9 Å². The van der Waals surface area contributed by atoms with Crippen LogP contribution in [0.4, 0.5) is 4.39 Å². The van der Waals surface area contributed by atoms with Gasteiger partial charge in [0, 0.05) is 12.1 Å². The molecule has 3 heteroatoms. The van der Waals surface area contributed by atoms with Crippen molar-refractivity contribution in [2.75, 3.05) is 13.6 Å². The van der Waals surface area contributed by atoms with Crippen LogP contribution in [0.1, 0.15) is 38.2 Å². The minimum atomic E-state index is -0.162. The number of likely N-dealkylation sites (N-methyl/N-ethyl adjacent to an activating group) is 1. The van der Waals surface area contributed by atoms with Crippen LogP contribution in [0.3, 0.4) is 0 Å². The summed E-state index contributed by atoms with van der Waals surface area (Å²) in [6.45, 7) is 3.05. The van der Waals surface area contributed by atoms with Crippen molar-refractivity contribution < 1.29 is 4.39 Å². The summed E-state index contributed by atoms with van der Waals surface area (Å²) in [5.41, 5.74) is 7.13. The number of hydrogen-bond donors (Lipinski definition) is 1. The van der Waals surface area contributed by atoms with Crippen LogP contribution in [0.25, 0.3) is 0 Å². The predicted octanol–water partition coefficient (Wildman–Crippen LogP) is 3.21. The summed E-state index contributed by atoms with van der Waals surface area (Å²) in [5, 5.41) is 0. The van der Waals surface area contributed by atoms with E-state index in [-0.39, 0.29) is 5.82 Å². The number of halogens is 1. The van der Waals surface area contributed by atoms with E-state index in [1.54, 1.807) is 12.1 Å². The molecule has 2 N–H and O–H groups in total. The van der Waals surface area contributed by atoms with Gasteiger partial charge in [-0.05, 0) is 63.4 Å². The normalized spacial score (nSPS) is 24.9. The van der Waals surface area contributed by atoms with Gasteiger partial charge in [0.1, 0.15) is 5.82 Å². The van der Waals surface area contributed by atoms with Crippen molar-refractivity contribution in [3.05, 3.63) is 35.6 Å². The maximum Gasteiger partial charge on any atom is 0.123 e. The summed E-state index contributed by atoms with van der Waals surface area (Å²) < 4.78 is 12.9. The summed E-state index contributed by atoms with van der Waals surface area (Å²) in [6, 6.07) is 7.93. The number of nitrogens with two attached hydrogens (primary N) is 1. The van der Waals surface area contributed by atoms with Crippen molar-refractivity contribution in [1.29, 1.82) is 0 Å². The Balaban J connectivity index is 1.96. The zero-order valence-electron chi connectivity index (χ0n) is 12.7. The van der Waals surface area contributed by atoms with Gasteiger partial charge in [-0.3, -0.25) is 0 Å². The molecule has 2 nitrogen and oxygen atoms in total. The lowest BCUT2D eigenvalue weighted by atomic mass is 9.83. The lowest BCUT2D eigenvalue weighted by Crippen LogP contribution is -2.47. The molecule has 0 amide bonds. The molecule has 1 saturated carbocycles. The van der Waals surface area contributed by atoms with E-state index in [0.29, 0.717) is 18.0 Å². The van der Waals surface area contributed by atoms with Crippen LogP contribution in [0.15, 0.2) is 24.3 Å². The van der Waals surface area contributed by atoms with E-state index >= 15 is 0 Å². The average molecular weight is 278 g/mol. The lowest BCUT2D eigenvalue weighted by Gasteiger charge is -2.40. The molecular weight excluding hydrogens is 251 g/mol. The molecule has 0 aromatic heterocycles. The molecule has 1 aliphatic rings. The number of hydrogen-bond acceptors (Lipinski definition) is 2. The Kier molecular flexibility index (Phi) is 5.55. The molecule has 3 atom stereocenters. The van der Waals surface area contributed by atoms with Crippen LogP contribution < -0.4 is 5.73 Å². The first-order chi connectivity index (χ1) is 9.61. The Morgan fingerprint density at radius 1 is 1.25 bits per heavy atom. The van der Waals surface area contributed by atoms with Gasteiger partial charge in [-0.25, -0.2) is 4.39 Å². The second kappa shape index (κ2) is 7.19. The van der Waals surface area contributed by atoms with E-state index in [9.17, 15) is 4.39 Å². The largest absolute Gasteiger partial charge is 0.330 e. The van der Waals surface area contributed by atoms with Crippen molar-refractivity contribution in [2.24, 2.45) is 11.7 Å². The summed E-state index contributed by atoms with van der Waals surface area (Å²) in [5.74, 6) is 0.467. The highest BCUT2D eigenvalue weighted by Crippen LogP contribution is 2.28. The molecule has 0 saturated heterocycles. The minimum absolute atomic E-state index is 0.162. The molecule has 0 aliphatic heterocycles. The fraction of sp³-hybridized carbons (Fsp3) is 0.647. The molecule has 0 heterocycles. The smallest absolute Gasteiger partial charge is 0.123 e. The van der Waals surface area contributed by atoms with Gasteiger partial charge in [0.2, 0.25) is 0 Å². The molecule has 20 heavy (non-hydrogen) atoms. The van der Waals surface area contributed by atoms with Crippen LogP contribution in [-0.2, 0) is 6.42 Å². The Bertz CT molecular complexity index is 404. The first kappa shape index (κ1) is 15.5. The third-order valence-corrected chi connectivity index (χ3v) is 4.83. The second-order valence-electron chi connectivity index (χ2n) is 6.19. The van der Waals surface area contributed by atoms with E-state index in [1.807, 2.05) is 12.1 Å². The quantitative estimate of drug-likeness (QED) is 0.896. The maximum absolute atomic E-state index is 12.9. The Morgan fingerprint density at radius 2 is 1.90 bits per heavy atom. The van der Waals surface area contributed by atoms with Crippen LogP contribution in [0.5, 0.6) is 0 Å². The summed E-state index contributed by atoms with van der Waals surface area (Å²) in [6.07, 6.45) is 6.11. The van der Waals surface area contributed by atoms with Crippen molar-refractivity contribution >= 4 is 0 Å². The summed E-state index contributed by atoms with van der Waals surface area (Å²) in [7, 11) is 2.22. The zero-order valence-corrected chi connectivity index (χ0v) is 12.7. The molecule has 2 rings (SSSR count). The van der Waals surface area contributed by atoms with E-state index in [0.717, 1.165) is 13.0 Å². The van der Waals surface area contributed by atoms with Crippen LogP contribution >= 0.6 is 0 Å². The third-order valence-electron chi connectivity index (χ3n) is 4.83. The molecule has 1 aromatic carbocycles. The molecule has 0 radical (unpaired) electrons. The van der Waals surface area contributed by atoms with Gasteiger partial charge in [-0.2, -0.15) is 0 Å². The van der Waals surface area contributed by atoms with Crippen molar-refractivity contribution in [1.82, 2.24) is 4.90 Å². The van der Waals surface area contributed by atoms with Crippen molar-refractivity contribution in [3.8, 4) is 0 Å². The number of benzene rings is 1. The number of rotatable bonds is 5. The highest BCUT2D eigenvalue weighted by molar-refractivity contribution is 5.17. The van der Waals surface area contributed by atoms with Gasteiger partial charge >= 0.3 is 0 Å².